The number of likely N-dealkylation sites (tertiary alicyclic amines) is 1. The molecule has 2 saturated heterocycles. The molecule has 114 valence electrons. The van der Waals surface area contributed by atoms with Crippen molar-refractivity contribution in [1.82, 2.24) is 4.90 Å². The van der Waals surface area contributed by atoms with E-state index >= 15 is 0 Å². The van der Waals surface area contributed by atoms with Gasteiger partial charge in [-0.3, -0.25) is 4.79 Å². The van der Waals surface area contributed by atoms with Gasteiger partial charge in [0.25, 0.3) is 0 Å². The van der Waals surface area contributed by atoms with Crippen LogP contribution in [0.4, 0.5) is 0 Å². The predicted molar refractivity (Wildman–Crippen MR) is 83.9 cm³/mol. The van der Waals surface area contributed by atoms with E-state index in [9.17, 15) is 4.79 Å². The fraction of sp³-hybridized carbons (Fsp3) is 0.562. The van der Waals surface area contributed by atoms with Crippen LogP contribution in [0.15, 0.2) is 24.3 Å². The zero-order valence-corrected chi connectivity index (χ0v) is 13.3. The predicted octanol–water partition coefficient (Wildman–Crippen LogP) is 1.97. The Labute approximate surface area is 129 Å². The summed E-state index contributed by atoms with van der Waals surface area (Å²) in [6, 6.07) is 7.72. The summed E-state index contributed by atoms with van der Waals surface area (Å²) in [6.07, 6.45) is 1.87. The monoisotopic (exact) mass is 307 g/mol. The molecule has 2 aliphatic rings. The number of ether oxygens (including phenoxy) is 2. The first-order chi connectivity index (χ1) is 10.1. The van der Waals surface area contributed by atoms with Crippen LogP contribution in [0.2, 0.25) is 0 Å². The summed E-state index contributed by atoms with van der Waals surface area (Å²) in [6.45, 7) is 1.72. The maximum atomic E-state index is 12.3. The second kappa shape index (κ2) is 5.89. The number of nitrogens with zero attached hydrogens (tertiary/aromatic N) is 1. The van der Waals surface area contributed by atoms with E-state index in [1.54, 1.807) is 14.2 Å². The van der Waals surface area contributed by atoms with Crippen LogP contribution < -0.4 is 4.74 Å². The fourth-order valence-electron chi connectivity index (χ4n) is 3.07. The zero-order valence-electron chi connectivity index (χ0n) is 12.5. The minimum Gasteiger partial charge on any atom is -0.497 e. The lowest BCUT2D eigenvalue weighted by Crippen LogP contribution is -2.61. The molecule has 2 fully saturated rings. The topological polar surface area (TPSA) is 38.8 Å². The van der Waals surface area contributed by atoms with Gasteiger partial charge >= 0.3 is 0 Å². The highest BCUT2D eigenvalue weighted by molar-refractivity contribution is 8.01. The van der Waals surface area contributed by atoms with Gasteiger partial charge in [-0.15, -0.1) is 11.8 Å². The van der Waals surface area contributed by atoms with E-state index in [4.69, 9.17) is 9.47 Å². The summed E-state index contributed by atoms with van der Waals surface area (Å²) in [4.78, 5) is 14.3. The van der Waals surface area contributed by atoms with Gasteiger partial charge in [-0.05, 0) is 24.1 Å². The summed E-state index contributed by atoms with van der Waals surface area (Å²) < 4.78 is 10.9. The fourth-order valence-corrected chi connectivity index (χ4v) is 4.66. The molecule has 0 aromatic heterocycles. The smallest absolute Gasteiger partial charge is 0.227 e. The van der Waals surface area contributed by atoms with Gasteiger partial charge in [-0.2, -0.15) is 0 Å². The van der Waals surface area contributed by atoms with Crippen molar-refractivity contribution in [2.45, 2.75) is 23.7 Å². The van der Waals surface area contributed by atoms with Crippen LogP contribution in [0.1, 0.15) is 12.0 Å². The van der Waals surface area contributed by atoms with E-state index in [1.165, 1.54) is 0 Å². The number of hydrogen-bond donors (Lipinski definition) is 0. The summed E-state index contributed by atoms with van der Waals surface area (Å²) in [5, 5.41) is 0. The minimum absolute atomic E-state index is 0.204. The molecule has 0 bridgehead atoms. The maximum Gasteiger partial charge on any atom is 0.227 e. The number of amides is 1. The molecule has 1 amide bonds. The maximum absolute atomic E-state index is 12.3. The molecule has 4 nitrogen and oxygen atoms in total. The van der Waals surface area contributed by atoms with Crippen molar-refractivity contribution in [1.29, 1.82) is 0 Å². The molecule has 1 spiro atoms. The molecule has 2 heterocycles. The van der Waals surface area contributed by atoms with Crippen LogP contribution in [0.25, 0.3) is 0 Å². The van der Waals surface area contributed by atoms with Crippen LogP contribution in [-0.4, -0.2) is 54.7 Å². The lowest BCUT2D eigenvalue weighted by atomic mass is 9.92. The molecule has 0 unspecified atom stereocenters. The SMILES string of the molecule is COc1cccc(CC(=O)N2CC3(C[C@@H](OC)CS3)C2)c1. The van der Waals surface area contributed by atoms with Crippen molar-refractivity contribution < 1.29 is 14.3 Å². The molecule has 0 saturated carbocycles. The number of rotatable bonds is 4. The molecular formula is C16H21NO3S. The van der Waals surface area contributed by atoms with Crippen molar-refractivity contribution in [3.8, 4) is 5.75 Å². The number of methoxy groups -OCH3 is 2. The van der Waals surface area contributed by atoms with Crippen LogP contribution in [-0.2, 0) is 16.0 Å². The molecular weight excluding hydrogens is 286 g/mol. The van der Waals surface area contributed by atoms with Gasteiger partial charge in [0.05, 0.1) is 24.4 Å². The first-order valence-electron chi connectivity index (χ1n) is 7.21. The molecule has 5 heteroatoms. The van der Waals surface area contributed by atoms with E-state index in [2.05, 4.69) is 0 Å². The number of thioether (sulfide) groups is 1. The van der Waals surface area contributed by atoms with Gasteiger partial charge in [-0.25, -0.2) is 0 Å². The van der Waals surface area contributed by atoms with Crippen molar-refractivity contribution in [3.05, 3.63) is 29.8 Å². The molecule has 0 radical (unpaired) electrons. The van der Waals surface area contributed by atoms with Crippen molar-refractivity contribution in [2.75, 3.05) is 33.1 Å². The van der Waals surface area contributed by atoms with Crippen molar-refractivity contribution in [2.24, 2.45) is 0 Å². The minimum atomic E-state index is 0.204. The van der Waals surface area contributed by atoms with Crippen molar-refractivity contribution in [3.63, 3.8) is 0 Å². The lowest BCUT2D eigenvalue weighted by molar-refractivity contribution is -0.135. The number of carbonyl (C=O) groups excluding carboxylic acids is 1. The van der Waals surface area contributed by atoms with Gasteiger partial charge < -0.3 is 14.4 Å². The van der Waals surface area contributed by atoms with E-state index in [0.717, 1.165) is 36.6 Å². The third-order valence-electron chi connectivity index (χ3n) is 4.31. The molecule has 1 atom stereocenters. The number of hydrogen-bond acceptors (Lipinski definition) is 4. The van der Waals surface area contributed by atoms with Crippen LogP contribution in [0, 0.1) is 0 Å². The Bertz CT molecular complexity index is 528. The Hall–Kier alpha value is -1.20. The highest BCUT2D eigenvalue weighted by Crippen LogP contribution is 2.45. The highest BCUT2D eigenvalue weighted by atomic mass is 32.2. The largest absolute Gasteiger partial charge is 0.497 e. The zero-order chi connectivity index (χ0) is 14.9. The third kappa shape index (κ3) is 3.04. The Morgan fingerprint density at radius 1 is 1.43 bits per heavy atom. The number of benzene rings is 1. The first-order valence-corrected chi connectivity index (χ1v) is 8.20. The molecule has 1 aromatic carbocycles. The molecule has 1 aromatic rings. The van der Waals surface area contributed by atoms with Gasteiger partial charge in [0.2, 0.25) is 5.91 Å². The molecule has 21 heavy (non-hydrogen) atoms. The Morgan fingerprint density at radius 3 is 2.90 bits per heavy atom. The van der Waals surface area contributed by atoms with E-state index < -0.39 is 0 Å². The Kier molecular flexibility index (Phi) is 4.13. The molecule has 3 rings (SSSR count). The second-order valence-electron chi connectivity index (χ2n) is 5.83. The molecule has 0 aliphatic carbocycles. The highest BCUT2D eigenvalue weighted by Gasteiger charge is 2.50. The average Bonchev–Trinajstić information content (AvgIpc) is 2.90. The van der Waals surface area contributed by atoms with Gasteiger partial charge in [0, 0.05) is 26.0 Å². The van der Waals surface area contributed by atoms with E-state index in [1.807, 2.05) is 40.9 Å². The lowest BCUT2D eigenvalue weighted by Gasteiger charge is -2.47. The summed E-state index contributed by atoms with van der Waals surface area (Å²) >= 11 is 1.96. The van der Waals surface area contributed by atoms with Crippen LogP contribution in [0.3, 0.4) is 0 Å². The van der Waals surface area contributed by atoms with Crippen molar-refractivity contribution >= 4 is 17.7 Å². The second-order valence-corrected chi connectivity index (χ2v) is 7.32. The van der Waals surface area contributed by atoms with Crippen LogP contribution >= 0.6 is 11.8 Å². The first kappa shape index (κ1) is 14.7. The van der Waals surface area contributed by atoms with E-state index in [-0.39, 0.29) is 10.7 Å². The Balaban J connectivity index is 1.54. The quantitative estimate of drug-likeness (QED) is 0.852. The van der Waals surface area contributed by atoms with Gasteiger partial charge in [0.1, 0.15) is 5.75 Å². The Morgan fingerprint density at radius 2 is 2.24 bits per heavy atom. The summed E-state index contributed by atoms with van der Waals surface area (Å²) in [7, 11) is 3.41. The number of carbonyl (C=O) groups is 1. The van der Waals surface area contributed by atoms with E-state index in [0.29, 0.717) is 12.5 Å². The molecule has 2 aliphatic heterocycles. The average molecular weight is 307 g/mol. The van der Waals surface area contributed by atoms with Gasteiger partial charge in [-0.1, -0.05) is 12.1 Å². The standard InChI is InChI=1S/C16H21NO3S/c1-19-13-5-3-4-12(6-13)7-15(18)17-10-16(11-17)8-14(20-2)9-21-16/h3-6,14H,7-11H2,1-2H3/t14-/m1/s1. The van der Waals surface area contributed by atoms with Gasteiger partial charge in [0.15, 0.2) is 0 Å². The summed E-state index contributed by atoms with van der Waals surface area (Å²) in [5.74, 6) is 2.05. The third-order valence-corrected chi connectivity index (χ3v) is 5.88. The summed E-state index contributed by atoms with van der Waals surface area (Å²) in [5.41, 5.74) is 1.01. The van der Waals surface area contributed by atoms with Crippen LogP contribution in [0.5, 0.6) is 5.75 Å². The molecule has 0 N–H and O–H groups in total. The normalized spacial score (nSPS) is 23.1.